The number of hydrogen-bond acceptors (Lipinski definition) is 3. The topological polar surface area (TPSA) is 55.1 Å². The molecule has 1 aliphatic rings. The van der Waals surface area contributed by atoms with Gasteiger partial charge in [-0.05, 0) is 31.9 Å². The Morgan fingerprint density at radius 1 is 1.32 bits per heavy atom. The fourth-order valence-corrected chi connectivity index (χ4v) is 3.76. The fraction of sp³-hybridized carbons (Fsp3) is 0.533. The van der Waals surface area contributed by atoms with E-state index in [1.165, 1.54) is 32.1 Å². The van der Waals surface area contributed by atoms with Crippen molar-refractivity contribution in [2.75, 3.05) is 11.1 Å². The molecule has 3 N–H and O–H groups in total. The first-order chi connectivity index (χ1) is 9.16. The van der Waals surface area contributed by atoms with Crippen molar-refractivity contribution in [1.82, 2.24) is 0 Å². The van der Waals surface area contributed by atoms with Gasteiger partial charge in [0.1, 0.15) is 0 Å². The zero-order valence-electron chi connectivity index (χ0n) is 11.4. The van der Waals surface area contributed by atoms with Crippen molar-refractivity contribution >= 4 is 29.0 Å². The number of benzene rings is 1. The predicted octanol–water partition coefficient (Wildman–Crippen LogP) is 3.66. The zero-order valence-corrected chi connectivity index (χ0v) is 12.2. The van der Waals surface area contributed by atoms with Crippen LogP contribution in [0.25, 0.3) is 0 Å². The Bertz CT molecular complexity index is 430. The highest BCUT2D eigenvalue weighted by Gasteiger charge is 2.21. The molecule has 1 aromatic rings. The first kappa shape index (κ1) is 14.3. The molecule has 1 saturated carbocycles. The lowest BCUT2D eigenvalue weighted by atomic mass is 10.0. The van der Waals surface area contributed by atoms with Gasteiger partial charge in [0.2, 0.25) is 5.91 Å². The summed E-state index contributed by atoms with van der Waals surface area (Å²) in [6.07, 6.45) is 6.44. The summed E-state index contributed by atoms with van der Waals surface area (Å²) in [4.78, 5) is 12.2. The van der Waals surface area contributed by atoms with Crippen LogP contribution < -0.4 is 11.1 Å². The summed E-state index contributed by atoms with van der Waals surface area (Å²) in [6, 6.07) is 7.38. The zero-order chi connectivity index (χ0) is 13.7. The van der Waals surface area contributed by atoms with Gasteiger partial charge in [0.15, 0.2) is 0 Å². The normalized spacial score (nSPS) is 17.9. The molecule has 1 amide bonds. The molecule has 0 aromatic heterocycles. The Hall–Kier alpha value is -1.16. The smallest absolute Gasteiger partial charge is 0.237 e. The molecule has 104 valence electrons. The average molecular weight is 278 g/mol. The van der Waals surface area contributed by atoms with Crippen molar-refractivity contribution in [2.45, 2.75) is 49.5 Å². The van der Waals surface area contributed by atoms with E-state index in [1.54, 1.807) is 17.8 Å². The Morgan fingerprint density at radius 3 is 2.68 bits per heavy atom. The van der Waals surface area contributed by atoms with Gasteiger partial charge in [0.25, 0.3) is 0 Å². The minimum atomic E-state index is -0.0253. The second-order valence-corrected chi connectivity index (χ2v) is 6.76. The summed E-state index contributed by atoms with van der Waals surface area (Å²) in [5.41, 5.74) is 7.16. The maximum absolute atomic E-state index is 12.2. The highest BCUT2D eigenvalue weighted by atomic mass is 32.2. The van der Waals surface area contributed by atoms with Crippen molar-refractivity contribution in [3.05, 3.63) is 24.3 Å². The van der Waals surface area contributed by atoms with E-state index >= 15 is 0 Å². The molecular formula is C15H22N2OS. The number of nitrogens with one attached hydrogen (secondary N) is 1. The quantitative estimate of drug-likeness (QED) is 0.826. The second-order valence-electron chi connectivity index (χ2n) is 5.11. The van der Waals surface area contributed by atoms with Gasteiger partial charge in [-0.1, -0.05) is 31.4 Å². The van der Waals surface area contributed by atoms with Gasteiger partial charge in [-0.2, -0.15) is 0 Å². The van der Waals surface area contributed by atoms with E-state index in [4.69, 9.17) is 5.73 Å². The van der Waals surface area contributed by atoms with Gasteiger partial charge in [0.05, 0.1) is 16.6 Å². The van der Waals surface area contributed by atoms with E-state index in [0.29, 0.717) is 16.6 Å². The Morgan fingerprint density at radius 2 is 2.00 bits per heavy atom. The van der Waals surface area contributed by atoms with E-state index in [1.807, 2.05) is 25.1 Å². The van der Waals surface area contributed by atoms with Crippen molar-refractivity contribution in [1.29, 1.82) is 0 Å². The summed E-state index contributed by atoms with van der Waals surface area (Å²) in [7, 11) is 0. The number of carbonyl (C=O) groups excluding carboxylic acids is 1. The standard InChI is InChI=1S/C15H22N2OS/c1-11(19-12-7-3-2-4-8-12)15(18)17-14-10-6-5-9-13(14)16/h5-6,9-12H,2-4,7-8,16H2,1H3,(H,17,18). The highest BCUT2D eigenvalue weighted by Crippen LogP contribution is 2.31. The van der Waals surface area contributed by atoms with E-state index in [2.05, 4.69) is 5.32 Å². The largest absolute Gasteiger partial charge is 0.397 e. The average Bonchev–Trinajstić information content (AvgIpc) is 2.42. The van der Waals surface area contributed by atoms with Crippen LogP contribution in [0.2, 0.25) is 0 Å². The Labute approximate surface area is 119 Å². The minimum absolute atomic E-state index is 0.0253. The molecule has 1 atom stereocenters. The second kappa shape index (κ2) is 6.85. The van der Waals surface area contributed by atoms with Gasteiger partial charge in [-0.25, -0.2) is 0 Å². The van der Waals surface area contributed by atoms with Crippen LogP contribution in [0, 0.1) is 0 Å². The predicted molar refractivity (Wildman–Crippen MR) is 83.4 cm³/mol. The first-order valence-corrected chi connectivity index (χ1v) is 7.92. The molecule has 0 saturated heterocycles. The van der Waals surface area contributed by atoms with Crippen LogP contribution in [0.1, 0.15) is 39.0 Å². The molecule has 0 spiro atoms. The summed E-state index contributed by atoms with van der Waals surface area (Å²) in [6.45, 7) is 1.98. The number of rotatable bonds is 4. The number of amides is 1. The van der Waals surface area contributed by atoms with Crippen molar-refractivity contribution in [3.63, 3.8) is 0 Å². The number of para-hydroxylation sites is 2. The monoisotopic (exact) mass is 278 g/mol. The Kier molecular flexibility index (Phi) is 5.14. The Balaban J connectivity index is 1.87. The number of carbonyl (C=O) groups is 1. The van der Waals surface area contributed by atoms with Crippen molar-refractivity contribution in [2.24, 2.45) is 0 Å². The van der Waals surface area contributed by atoms with Crippen LogP contribution in [0.4, 0.5) is 11.4 Å². The maximum atomic E-state index is 12.2. The van der Waals surface area contributed by atoms with Gasteiger partial charge < -0.3 is 11.1 Å². The summed E-state index contributed by atoms with van der Waals surface area (Å²) in [5.74, 6) is 0.0495. The van der Waals surface area contributed by atoms with Gasteiger partial charge >= 0.3 is 0 Å². The van der Waals surface area contributed by atoms with Crippen LogP contribution in [0.5, 0.6) is 0 Å². The molecule has 0 aliphatic heterocycles. The number of hydrogen-bond donors (Lipinski definition) is 2. The molecular weight excluding hydrogens is 256 g/mol. The SMILES string of the molecule is CC(SC1CCCCC1)C(=O)Nc1ccccc1N. The fourth-order valence-electron chi connectivity index (χ4n) is 2.40. The third-order valence-electron chi connectivity index (χ3n) is 3.54. The number of nitrogen functional groups attached to an aromatic ring is 1. The first-order valence-electron chi connectivity index (χ1n) is 6.97. The van der Waals surface area contributed by atoms with Gasteiger partial charge in [-0.15, -0.1) is 11.8 Å². The highest BCUT2D eigenvalue weighted by molar-refractivity contribution is 8.01. The van der Waals surface area contributed by atoms with Crippen LogP contribution in [-0.4, -0.2) is 16.4 Å². The van der Waals surface area contributed by atoms with E-state index in [-0.39, 0.29) is 11.2 Å². The number of anilines is 2. The van der Waals surface area contributed by atoms with E-state index in [0.717, 1.165) is 0 Å². The minimum Gasteiger partial charge on any atom is -0.397 e. The molecule has 19 heavy (non-hydrogen) atoms. The molecule has 1 unspecified atom stereocenters. The summed E-state index contributed by atoms with van der Waals surface area (Å²) >= 11 is 1.80. The van der Waals surface area contributed by atoms with Crippen LogP contribution in [0.3, 0.4) is 0 Å². The molecule has 1 fully saturated rings. The van der Waals surface area contributed by atoms with Crippen molar-refractivity contribution in [3.8, 4) is 0 Å². The molecule has 3 nitrogen and oxygen atoms in total. The number of nitrogens with two attached hydrogens (primary N) is 1. The summed E-state index contributed by atoms with van der Waals surface area (Å²) in [5, 5.41) is 3.53. The summed E-state index contributed by atoms with van der Waals surface area (Å²) < 4.78 is 0. The van der Waals surface area contributed by atoms with Gasteiger partial charge in [-0.3, -0.25) is 4.79 Å². The molecule has 4 heteroatoms. The number of thioether (sulfide) groups is 1. The molecule has 2 rings (SSSR count). The molecule has 0 radical (unpaired) electrons. The third-order valence-corrected chi connectivity index (χ3v) is 5.02. The van der Waals surface area contributed by atoms with E-state index in [9.17, 15) is 4.79 Å². The maximum Gasteiger partial charge on any atom is 0.237 e. The van der Waals surface area contributed by atoms with Crippen LogP contribution in [-0.2, 0) is 4.79 Å². The molecule has 0 heterocycles. The van der Waals surface area contributed by atoms with Gasteiger partial charge in [0, 0.05) is 5.25 Å². The molecule has 1 aliphatic carbocycles. The third kappa shape index (κ3) is 4.16. The lowest BCUT2D eigenvalue weighted by Gasteiger charge is -2.24. The van der Waals surface area contributed by atoms with Crippen LogP contribution >= 0.6 is 11.8 Å². The van der Waals surface area contributed by atoms with Crippen molar-refractivity contribution < 1.29 is 4.79 Å². The van der Waals surface area contributed by atoms with E-state index < -0.39 is 0 Å². The molecule has 0 bridgehead atoms. The lowest BCUT2D eigenvalue weighted by Crippen LogP contribution is -2.25. The van der Waals surface area contributed by atoms with Crippen LogP contribution in [0.15, 0.2) is 24.3 Å². The lowest BCUT2D eigenvalue weighted by molar-refractivity contribution is -0.115. The molecule has 1 aromatic carbocycles.